The molecule has 25 heavy (non-hydrogen) atoms. The Morgan fingerprint density at radius 3 is 2.76 bits per heavy atom. The van der Waals surface area contributed by atoms with Gasteiger partial charge in [0.1, 0.15) is 17.2 Å². The lowest BCUT2D eigenvalue weighted by Crippen LogP contribution is -2.24. The average Bonchev–Trinajstić information content (AvgIpc) is 3.01. The normalized spacial score (nSPS) is 16.9. The molecule has 1 aliphatic rings. The van der Waals surface area contributed by atoms with Crippen LogP contribution in [-0.2, 0) is 4.79 Å². The third-order valence-electron chi connectivity index (χ3n) is 4.70. The zero-order valence-corrected chi connectivity index (χ0v) is 14.3. The molecule has 1 aromatic carbocycles. The molecular weight excluding hydrogens is 310 g/mol. The second-order valence-corrected chi connectivity index (χ2v) is 6.58. The average molecular weight is 331 g/mol. The third-order valence-corrected chi connectivity index (χ3v) is 4.70. The van der Waals surface area contributed by atoms with Crippen LogP contribution in [0.2, 0.25) is 0 Å². The van der Waals surface area contributed by atoms with Crippen LogP contribution in [-0.4, -0.2) is 15.3 Å². The number of hydrogen-bond acceptors (Lipinski definition) is 2. The van der Waals surface area contributed by atoms with Gasteiger partial charge in [-0.1, -0.05) is 48.6 Å². The summed E-state index contributed by atoms with van der Waals surface area (Å²) in [7, 11) is 0. The summed E-state index contributed by atoms with van der Waals surface area (Å²) < 4.78 is 1.98. The van der Waals surface area contributed by atoms with Crippen LogP contribution < -0.4 is 5.32 Å². The van der Waals surface area contributed by atoms with E-state index < -0.39 is 0 Å². The first kappa shape index (κ1) is 15.6. The van der Waals surface area contributed by atoms with Gasteiger partial charge in [-0.25, -0.2) is 4.98 Å². The van der Waals surface area contributed by atoms with Crippen molar-refractivity contribution >= 4 is 17.4 Å². The van der Waals surface area contributed by atoms with Crippen LogP contribution >= 0.6 is 0 Å². The van der Waals surface area contributed by atoms with E-state index in [-0.39, 0.29) is 11.8 Å². The number of amides is 1. The van der Waals surface area contributed by atoms with Gasteiger partial charge in [0.25, 0.3) is 0 Å². The summed E-state index contributed by atoms with van der Waals surface area (Å²) in [4.78, 5) is 17.5. The van der Waals surface area contributed by atoms with Crippen LogP contribution in [0, 0.1) is 12.8 Å². The van der Waals surface area contributed by atoms with Gasteiger partial charge in [-0.3, -0.25) is 9.20 Å². The van der Waals surface area contributed by atoms with E-state index in [0.29, 0.717) is 0 Å². The Bertz CT molecular complexity index is 940. The fourth-order valence-electron chi connectivity index (χ4n) is 3.32. The Morgan fingerprint density at radius 1 is 1.16 bits per heavy atom. The number of fused-ring (bicyclic) bond motifs is 1. The van der Waals surface area contributed by atoms with Gasteiger partial charge in [-0.05, 0) is 37.8 Å². The highest BCUT2D eigenvalue weighted by Gasteiger charge is 2.22. The van der Waals surface area contributed by atoms with Crippen molar-refractivity contribution in [1.29, 1.82) is 0 Å². The number of nitrogens with one attached hydrogen (secondary N) is 1. The summed E-state index contributed by atoms with van der Waals surface area (Å²) in [6.07, 6.45) is 8.95. The highest BCUT2D eigenvalue weighted by Crippen LogP contribution is 2.30. The Labute approximate surface area is 147 Å². The zero-order chi connectivity index (χ0) is 17.2. The zero-order valence-electron chi connectivity index (χ0n) is 14.3. The number of hydrogen-bond donors (Lipinski definition) is 1. The number of aromatic nitrogens is 2. The molecule has 2 aromatic heterocycles. The van der Waals surface area contributed by atoms with Gasteiger partial charge in [-0.2, -0.15) is 0 Å². The van der Waals surface area contributed by atoms with Crippen LogP contribution in [0.4, 0.5) is 5.82 Å². The predicted molar refractivity (Wildman–Crippen MR) is 100 cm³/mol. The van der Waals surface area contributed by atoms with Crippen molar-refractivity contribution in [3.63, 3.8) is 0 Å². The first-order valence-electron chi connectivity index (χ1n) is 8.72. The third kappa shape index (κ3) is 3.07. The molecule has 1 aliphatic carbocycles. The second kappa shape index (κ2) is 6.55. The van der Waals surface area contributed by atoms with Crippen molar-refractivity contribution in [3.8, 4) is 11.3 Å². The number of carbonyl (C=O) groups excluding carboxylic acids is 1. The maximum absolute atomic E-state index is 12.8. The molecule has 0 radical (unpaired) electrons. The summed E-state index contributed by atoms with van der Waals surface area (Å²) in [5.74, 6) is 0.860. The van der Waals surface area contributed by atoms with Crippen LogP contribution in [0.25, 0.3) is 16.9 Å². The molecule has 4 rings (SSSR count). The molecule has 0 unspecified atom stereocenters. The first-order chi connectivity index (χ1) is 12.2. The SMILES string of the molecule is Cc1ccc2nc(-c3ccccc3)c(NC(=O)[C@@H]3CC=CCC3)n2c1. The minimum absolute atomic E-state index is 0.0315. The van der Waals surface area contributed by atoms with Crippen molar-refractivity contribution in [2.45, 2.75) is 26.2 Å². The van der Waals surface area contributed by atoms with Crippen molar-refractivity contribution in [3.05, 3.63) is 66.4 Å². The molecule has 0 spiro atoms. The number of anilines is 1. The van der Waals surface area contributed by atoms with Gasteiger partial charge < -0.3 is 5.32 Å². The lowest BCUT2D eigenvalue weighted by atomic mass is 9.93. The van der Waals surface area contributed by atoms with E-state index in [4.69, 9.17) is 4.98 Å². The number of aryl methyl sites for hydroxylation is 1. The molecule has 126 valence electrons. The number of benzene rings is 1. The molecular formula is C21H21N3O. The van der Waals surface area contributed by atoms with E-state index in [2.05, 4.69) is 17.5 Å². The highest BCUT2D eigenvalue weighted by atomic mass is 16.2. The Kier molecular flexibility index (Phi) is 4.10. The van der Waals surface area contributed by atoms with E-state index in [1.165, 1.54) is 0 Å². The van der Waals surface area contributed by atoms with Gasteiger partial charge in [0.05, 0.1) is 0 Å². The molecule has 0 saturated heterocycles. The summed E-state index contributed by atoms with van der Waals surface area (Å²) in [5, 5.41) is 3.16. The molecule has 4 nitrogen and oxygen atoms in total. The van der Waals surface area contributed by atoms with E-state index in [0.717, 1.165) is 47.5 Å². The summed E-state index contributed by atoms with van der Waals surface area (Å²) in [5.41, 5.74) is 3.78. The number of carbonyl (C=O) groups is 1. The minimum Gasteiger partial charge on any atom is -0.310 e. The van der Waals surface area contributed by atoms with Crippen molar-refractivity contribution in [1.82, 2.24) is 9.38 Å². The predicted octanol–water partition coefficient (Wildman–Crippen LogP) is 4.60. The molecule has 1 atom stereocenters. The largest absolute Gasteiger partial charge is 0.310 e. The molecule has 2 heterocycles. The van der Waals surface area contributed by atoms with E-state index >= 15 is 0 Å². The fraction of sp³-hybridized carbons (Fsp3) is 0.238. The second-order valence-electron chi connectivity index (χ2n) is 6.58. The number of allylic oxidation sites excluding steroid dienone is 2. The van der Waals surface area contributed by atoms with Gasteiger partial charge in [0, 0.05) is 17.7 Å². The van der Waals surface area contributed by atoms with E-state index in [9.17, 15) is 4.79 Å². The molecule has 0 saturated carbocycles. The number of nitrogens with zero attached hydrogens (tertiary/aromatic N) is 2. The number of rotatable bonds is 3. The molecule has 0 fully saturated rings. The maximum atomic E-state index is 12.8. The van der Waals surface area contributed by atoms with Gasteiger partial charge >= 0.3 is 0 Å². The van der Waals surface area contributed by atoms with Crippen LogP contribution in [0.3, 0.4) is 0 Å². The highest BCUT2D eigenvalue weighted by molar-refractivity contribution is 5.96. The molecule has 1 amide bonds. The van der Waals surface area contributed by atoms with E-state index in [1.54, 1.807) is 0 Å². The van der Waals surface area contributed by atoms with Crippen molar-refractivity contribution in [2.75, 3.05) is 5.32 Å². The lowest BCUT2D eigenvalue weighted by molar-refractivity contribution is -0.120. The van der Waals surface area contributed by atoms with Crippen LogP contribution in [0.1, 0.15) is 24.8 Å². The monoisotopic (exact) mass is 331 g/mol. The van der Waals surface area contributed by atoms with Crippen molar-refractivity contribution < 1.29 is 4.79 Å². The van der Waals surface area contributed by atoms with Crippen molar-refractivity contribution in [2.24, 2.45) is 5.92 Å². The summed E-state index contributed by atoms with van der Waals surface area (Å²) >= 11 is 0. The lowest BCUT2D eigenvalue weighted by Gasteiger charge is -2.17. The van der Waals surface area contributed by atoms with Gasteiger partial charge in [0.15, 0.2) is 0 Å². The standard InChI is InChI=1S/C21H21N3O/c1-15-12-13-18-22-19(16-8-4-2-5-9-16)20(24(18)14-15)23-21(25)17-10-6-3-7-11-17/h2-6,8-9,12-14,17H,7,10-11H2,1H3,(H,23,25)/t17-/m1/s1. The fourth-order valence-corrected chi connectivity index (χ4v) is 3.32. The quantitative estimate of drug-likeness (QED) is 0.713. The van der Waals surface area contributed by atoms with Gasteiger partial charge in [-0.15, -0.1) is 0 Å². The Balaban J connectivity index is 1.78. The number of pyridine rings is 1. The van der Waals surface area contributed by atoms with E-state index in [1.807, 2.05) is 60.0 Å². The summed E-state index contributed by atoms with van der Waals surface area (Å²) in [6.45, 7) is 2.04. The van der Waals surface area contributed by atoms with Crippen LogP contribution in [0.5, 0.6) is 0 Å². The smallest absolute Gasteiger partial charge is 0.228 e. The summed E-state index contributed by atoms with van der Waals surface area (Å²) in [6, 6.07) is 14.0. The molecule has 0 aliphatic heterocycles. The van der Waals surface area contributed by atoms with Crippen LogP contribution in [0.15, 0.2) is 60.8 Å². The first-order valence-corrected chi connectivity index (χ1v) is 8.72. The molecule has 1 N–H and O–H groups in total. The Morgan fingerprint density at radius 2 is 2.00 bits per heavy atom. The molecule has 3 aromatic rings. The maximum Gasteiger partial charge on any atom is 0.228 e. The molecule has 4 heteroatoms. The Hall–Kier alpha value is -2.88. The molecule has 0 bridgehead atoms. The minimum atomic E-state index is 0.0315. The number of imidazole rings is 1. The van der Waals surface area contributed by atoms with Gasteiger partial charge in [0.2, 0.25) is 5.91 Å². The topological polar surface area (TPSA) is 46.4 Å².